The summed E-state index contributed by atoms with van der Waals surface area (Å²) in [5.74, 6) is -3.60. The molecule has 96 valence electrons. The minimum atomic E-state index is -1.11. The third-order valence-corrected chi connectivity index (χ3v) is 2.23. The summed E-state index contributed by atoms with van der Waals surface area (Å²) in [6, 6.07) is 3.24. The molecule has 4 nitrogen and oxygen atoms in total. The second-order valence-electron chi connectivity index (χ2n) is 3.22. The first-order valence-corrected chi connectivity index (χ1v) is 5.38. The minimum absolute atomic E-state index is 0. The van der Waals surface area contributed by atoms with Gasteiger partial charge in [0.25, 0.3) is 5.78 Å². The molecule has 1 rings (SSSR count). The van der Waals surface area contributed by atoms with Crippen LogP contribution in [0.4, 0.5) is 4.39 Å². The molecule has 0 N–H and O–H groups in total. The van der Waals surface area contributed by atoms with E-state index < -0.39 is 23.3 Å². The largest absolute Gasteiger partial charge is 1.00 e. The fourth-order valence-electron chi connectivity index (χ4n) is 1.11. The quantitative estimate of drug-likeness (QED) is 0.217. The zero-order valence-corrected chi connectivity index (χ0v) is 11.2. The van der Waals surface area contributed by atoms with Crippen LogP contribution in [-0.2, 0) is 14.3 Å². The normalized spacial score (nSPS) is 10.6. The van der Waals surface area contributed by atoms with Crippen molar-refractivity contribution in [3.05, 3.63) is 40.7 Å². The third kappa shape index (κ3) is 5.07. The molecule has 7 heteroatoms. The Bertz CT molecular complexity index is 516. The van der Waals surface area contributed by atoms with E-state index in [9.17, 15) is 19.1 Å². The maximum absolute atomic E-state index is 12.9. The number of benzene rings is 1. The number of ether oxygens (including phenoxy) is 1. The van der Waals surface area contributed by atoms with Gasteiger partial charge in [0.2, 0.25) is 0 Å². The third-order valence-electron chi connectivity index (χ3n) is 1.94. The molecule has 0 aliphatic heterocycles. The number of halogens is 2. The molecule has 0 amide bonds. The molecule has 0 saturated heterocycles. The monoisotopic (exact) mass is 278 g/mol. The van der Waals surface area contributed by atoms with Gasteiger partial charge >= 0.3 is 24.8 Å². The summed E-state index contributed by atoms with van der Waals surface area (Å²) >= 11 is 5.49. The molecule has 0 aliphatic carbocycles. The van der Waals surface area contributed by atoms with Gasteiger partial charge in [-0.1, -0.05) is 23.4 Å². The van der Waals surface area contributed by atoms with Crippen molar-refractivity contribution < 1.29 is 42.7 Å². The zero-order valence-electron chi connectivity index (χ0n) is 10.4. The Morgan fingerprint density at radius 2 is 2.11 bits per heavy atom. The predicted octanol–water partition coefficient (Wildman–Crippen LogP) is -1.68. The SMILES string of the molecule is CCOC(=O)C(=O)C=C([O-])c1ccc(F)c(Cl)c1.[Li+]. The standard InChI is InChI=1S/C12H10ClFO4.Li/c1-2-18-12(17)11(16)6-10(15)7-3-4-9(14)8(13)5-7;/h3-6,15H,2H2,1H3;/q;+1/p-1. The van der Waals surface area contributed by atoms with Crippen molar-refractivity contribution in [2.24, 2.45) is 0 Å². The van der Waals surface area contributed by atoms with Crippen molar-refractivity contribution in [1.29, 1.82) is 0 Å². The Balaban J connectivity index is 0.00000324. The van der Waals surface area contributed by atoms with Gasteiger partial charge in [-0.05, 0) is 30.7 Å². The van der Waals surface area contributed by atoms with Crippen LogP contribution in [0, 0.1) is 5.82 Å². The van der Waals surface area contributed by atoms with Gasteiger partial charge in [0, 0.05) is 0 Å². The van der Waals surface area contributed by atoms with Gasteiger partial charge in [-0.15, -0.1) is 0 Å². The van der Waals surface area contributed by atoms with Crippen molar-refractivity contribution in [3.63, 3.8) is 0 Å². The summed E-state index contributed by atoms with van der Waals surface area (Å²) in [6.07, 6.45) is 0.585. The van der Waals surface area contributed by atoms with Crippen LogP contribution in [0.5, 0.6) is 0 Å². The van der Waals surface area contributed by atoms with Gasteiger partial charge < -0.3 is 9.84 Å². The first-order chi connectivity index (χ1) is 8.45. The topological polar surface area (TPSA) is 66.4 Å². The van der Waals surface area contributed by atoms with Crippen molar-refractivity contribution in [2.45, 2.75) is 6.92 Å². The van der Waals surface area contributed by atoms with Crippen molar-refractivity contribution >= 4 is 29.1 Å². The first-order valence-electron chi connectivity index (χ1n) is 5.01. The number of hydrogen-bond acceptors (Lipinski definition) is 4. The van der Waals surface area contributed by atoms with Gasteiger partial charge in [-0.2, -0.15) is 0 Å². The summed E-state index contributed by atoms with van der Waals surface area (Å²) in [6.45, 7) is 1.57. The average molecular weight is 279 g/mol. The Labute approximate surface area is 126 Å². The Kier molecular flexibility index (Phi) is 7.46. The molecule has 19 heavy (non-hydrogen) atoms. The molecule has 0 fully saturated rings. The van der Waals surface area contributed by atoms with E-state index in [1.165, 1.54) is 13.0 Å². The van der Waals surface area contributed by atoms with E-state index in [0.717, 1.165) is 12.1 Å². The van der Waals surface area contributed by atoms with Crippen LogP contribution < -0.4 is 24.0 Å². The minimum Gasteiger partial charge on any atom is -0.872 e. The summed E-state index contributed by atoms with van der Waals surface area (Å²) in [7, 11) is 0. The molecule has 0 spiro atoms. The van der Waals surface area contributed by atoms with Crippen LogP contribution in [0.3, 0.4) is 0 Å². The molecule has 0 aliphatic rings. The van der Waals surface area contributed by atoms with E-state index in [0.29, 0.717) is 6.08 Å². The van der Waals surface area contributed by atoms with Gasteiger partial charge in [0.1, 0.15) is 5.82 Å². The number of hydrogen-bond donors (Lipinski definition) is 0. The van der Waals surface area contributed by atoms with Gasteiger partial charge in [-0.3, -0.25) is 4.79 Å². The van der Waals surface area contributed by atoms with Crippen molar-refractivity contribution in [3.8, 4) is 0 Å². The Morgan fingerprint density at radius 1 is 1.47 bits per heavy atom. The van der Waals surface area contributed by atoms with E-state index in [2.05, 4.69) is 4.74 Å². The van der Waals surface area contributed by atoms with Crippen LogP contribution in [0.15, 0.2) is 24.3 Å². The molecule has 1 aromatic rings. The molecular weight excluding hydrogens is 270 g/mol. The molecule has 0 heterocycles. The fourth-order valence-corrected chi connectivity index (χ4v) is 1.29. The van der Waals surface area contributed by atoms with E-state index in [1.807, 2.05) is 0 Å². The summed E-state index contributed by atoms with van der Waals surface area (Å²) in [4.78, 5) is 22.2. The number of carbonyl (C=O) groups excluding carboxylic acids is 2. The summed E-state index contributed by atoms with van der Waals surface area (Å²) < 4.78 is 17.3. The van der Waals surface area contributed by atoms with E-state index in [-0.39, 0.29) is 36.1 Å². The van der Waals surface area contributed by atoms with Crippen LogP contribution in [0.2, 0.25) is 5.02 Å². The average Bonchev–Trinajstić information content (AvgIpc) is 2.32. The number of esters is 1. The van der Waals surface area contributed by atoms with Crippen LogP contribution in [-0.4, -0.2) is 18.4 Å². The molecule has 0 saturated carbocycles. The second kappa shape index (κ2) is 8.00. The molecule has 1 aromatic carbocycles. The molecule has 0 atom stereocenters. The zero-order chi connectivity index (χ0) is 13.7. The van der Waals surface area contributed by atoms with Crippen molar-refractivity contribution in [1.82, 2.24) is 0 Å². The van der Waals surface area contributed by atoms with E-state index in [4.69, 9.17) is 11.6 Å². The smallest absolute Gasteiger partial charge is 0.872 e. The summed E-state index contributed by atoms with van der Waals surface area (Å²) in [5, 5.41) is 11.3. The summed E-state index contributed by atoms with van der Waals surface area (Å²) in [5.41, 5.74) is 0.0130. The van der Waals surface area contributed by atoms with Crippen LogP contribution in [0.25, 0.3) is 5.76 Å². The van der Waals surface area contributed by atoms with Crippen molar-refractivity contribution in [2.75, 3.05) is 6.61 Å². The predicted molar refractivity (Wildman–Crippen MR) is 61.0 cm³/mol. The van der Waals surface area contributed by atoms with Gasteiger partial charge in [0.15, 0.2) is 0 Å². The number of rotatable bonds is 4. The van der Waals surface area contributed by atoms with E-state index in [1.54, 1.807) is 0 Å². The van der Waals surface area contributed by atoms with Crippen LogP contribution in [0.1, 0.15) is 12.5 Å². The second-order valence-corrected chi connectivity index (χ2v) is 3.63. The number of carbonyl (C=O) groups is 2. The maximum Gasteiger partial charge on any atom is 1.00 e. The first kappa shape index (κ1) is 17.7. The Hall–Kier alpha value is -1.28. The van der Waals surface area contributed by atoms with Gasteiger partial charge in [-0.25, -0.2) is 9.18 Å². The number of ketones is 1. The molecule has 0 radical (unpaired) electrons. The van der Waals surface area contributed by atoms with Crippen LogP contribution >= 0.6 is 11.6 Å². The molecule has 0 unspecified atom stereocenters. The van der Waals surface area contributed by atoms with E-state index >= 15 is 0 Å². The fraction of sp³-hybridized carbons (Fsp3) is 0.167. The maximum atomic E-state index is 12.9. The Morgan fingerprint density at radius 3 is 2.63 bits per heavy atom. The molecular formula is C12H9ClFLiO4. The molecule has 0 bridgehead atoms. The molecule has 0 aromatic heterocycles. The van der Waals surface area contributed by atoms with Gasteiger partial charge in [0.05, 0.1) is 11.6 Å².